The molecule has 0 radical (unpaired) electrons. The van der Waals surface area contributed by atoms with Crippen LogP contribution in [0.2, 0.25) is 0 Å². The number of amides is 2. The number of carbonyl (C=O) groups excluding carboxylic acids is 2. The quantitative estimate of drug-likeness (QED) is 0.479. The van der Waals surface area contributed by atoms with Gasteiger partial charge in [-0.3, -0.25) is 0 Å². The lowest BCUT2D eigenvalue weighted by molar-refractivity contribution is -0.000905. The van der Waals surface area contributed by atoms with Crippen LogP contribution >= 0.6 is 0 Å². The Hall–Kier alpha value is -3.26. The first-order chi connectivity index (χ1) is 16.3. The predicted octanol–water partition coefficient (Wildman–Crippen LogP) is 5.90. The topological polar surface area (TPSA) is 97.3 Å². The number of hydrogen-bond acceptors (Lipinski definition) is 7. The molecule has 192 valence electrons. The van der Waals surface area contributed by atoms with Gasteiger partial charge >= 0.3 is 12.2 Å². The van der Waals surface area contributed by atoms with Crippen molar-refractivity contribution in [2.24, 2.45) is 0 Å². The molecule has 0 aliphatic carbocycles. The molecule has 0 aromatic heterocycles. The number of para-hydroxylation sites is 1. The first kappa shape index (κ1) is 28.0. The standard InChI is InChI=1S/C27H38N2O6/c1-26(2,3)34-24(31)29(25(32)35-27(4,5)6)16-15-22(30)19-12-10-13-21(17-19)28-18-20-11-8-9-14-23(20)33-7/h8-14,17,22,28,30H,15-16,18H2,1-7H3. The molecule has 2 aromatic rings. The second-order valence-corrected chi connectivity index (χ2v) is 10.2. The molecule has 0 saturated heterocycles. The van der Waals surface area contributed by atoms with E-state index in [0.29, 0.717) is 12.1 Å². The number of nitrogens with one attached hydrogen (secondary N) is 1. The summed E-state index contributed by atoms with van der Waals surface area (Å²) in [5.41, 5.74) is 0.924. The van der Waals surface area contributed by atoms with Crippen molar-refractivity contribution in [3.63, 3.8) is 0 Å². The van der Waals surface area contributed by atoms with E-state index >= 15 is 0 Å². The minimum Gasteiger partial charge on any atom is -0.496 e. The fourth-order valence-corrected chi connectivity index (χ4v) is 3.21. The van der Waals surface area contributed by atoms with E-state index in [2.05, 4.69) is 5.32 Å². The highest BCUT2D eigenvalue weighted by atomic mass is 16.6. The van der Waals surface area contributed by atoms with Gasteiger partial charge in [-0.1, -0.05) is 30.3 Å². The minimum absolute atomic E-state index is 0.0656. The van der Waals surface area contributed by atoms with E-state index in [1.165, 1.54) is 0 Å². The molecule has 0 aliphatic heterocycles. The zero-order chi connectivity index (χ0) is 26.2. The maximum absolute atomic E-state index is 12.7. The number of hydrogen-bond donors (Lipinski definition) is 2. The third-order valence-corrected chi connectivity index (χ3v) is 4.80. The van der Waals surface area contributed by atoms with Crippen molar-refractivity contribution in [2.45, 2.75) is 71.8 Å². The fraction of sp³-hybridized carbons (Fsp3) is 0.481. The molecule has 0 aliphatic rings. The van der Waals surface area contributed by atoms with Crippen LogP contribution in [-0.4, -0.2) is 47.0 Å². The molecule has 0 saturated carbocycles. The Bertz CT molecular complexity index is 966. The predicted molar refractivity (Wildman–Crippen MR) is 136 cm³/mol. The van der Waals surface area contributed by atoms with Gasteiger partial charge in [0, 0.05) is 24.3 Å². The van der Waals surface area contributed by atoms with E-state index in [1.54, 1.807) is 54.7 Å². The molecule has 0 fully saturated rings. The van der Waals surface area contributed by atoms with E-state index < -0.39 is 29.5 Å². The summed E-state index contributed by atoms with van der Waals surface area (Å²) >= 11 is 0. The highest BCUT2D eigenvalue weighted by molar-refractivity contribution is 5.88. The van der Waals surface area contributed by atoms with Gasteiger partial charge < -0.3 is 24.6 Å². The summed E-state index contributed by atoms with van der Waals surface area (Å²) in [5, 5.41) is 14.1. The molecule has 8 heteroatoms. The van der Waals surface area contributed by atoms with Crippen molar-refractivity contribution in [2.75, 3.05) is 19.0 Å². The van der Waals surface area contributed by atoms with Crippen molar-refractivity contribution >= 4 is 17.9 Å². The van der Waals surface area contributed by atoms with Gasteiger partial charge in [0.25, 0.3) is 0 Å². The van der Waals surface area contributed by atoms with Crippen LogP contribution in [0.15, 0.2) is 48.5 Å². The van der Waals surface area contributed by atoms with Crippen LogP contribution in [0.4, 0.5) is 15.3 Å². The Balaban J connectivity index is 2.07. The summed E-state index contributed by atoms with van der Waals surface area (Å²) in [6.45, 7) is 10.8. The average molecular weight is 487 g/mol. The Morgan fingerprint density at radius 3 is 2.11 bits per heavy atom. The van der Waals surface area contributed by atoms with Crippen LogP contribution in [0.5, 0.6) is 5.75 Å². The lowest BCUT2D eigenvalue weighted by atomic mass is 10.1. The minimum atomic E-state index is -0.907. The van der Waals surface area contributed by atoms with E-state index in [0.717, 1.165) is 21.9 Å². The van der Waals surface area contributed by atoms with Crippen molar-refractivity contribution in [1.82, 2.24) is 4.90 Å². The average Bonchev–Trinajstić information content (AvgIpc) is 2.75. The maximum Gasteiger partial charge on any atom is 0.419 e. The molecular formula is C27H38N2O6. The van der Waals surface area contributed by atoms with Crippen molar-refractivity contribution in [3.8, 4) is 5.75 Å². The Morgan fingerprint density at radius 1 is 0.943 bits per heavy atom. The summed E-state index contributed by atoms with van der Waals surface area (Å²) in [5.74, 6) is 0.792. The number of methoxy groups -OCH3 is 1. The van der Waals surface area contributed by atoms with Gasteiger partial charge in [0.1, 0.15) is 17.0 Å². The third-order valence-electron chi connectivity index (χ3n) is 4.80. The molecule has 1 unspecified atom stereocenters. The number of imide groups is 1. The van der Waals surface area contributed by atoms with Gasteiger partial charge in [-0.25, -0.2) is 14.5 Å². The van der Waals surface area contributed by atoms with Crippen LogP contribution in [0.25, 0.3) is 0 Å². The summed E-state index contributed by atoms with van der Waals surface area (Å²) in [6.07, 6.45) is -2.42. The number of ether oxygens (including phenoxy) is 3. The molecule has 2 aromatic carbocycles. The van der Waals surface area contributed by atoms with Gasteiger partial charge in [-0.05, 0) is 71.7 Å². The van der Waals surface area contributed by atoms with Crippen LogP contribution < -0.4 is 10.1 Å². The van der Waals surface area contributed by atoms with E-state index in [4.69, 9.17) is 14.2 Å². The smallest absolute Gasteiger partial charge is 0.419 e. The first-order valence-electron chi connectivity index (χ1n) is 11.7. The number of nitrogens with zero attached hydrogens (tertiary/aromatic N) is 1. The maximum atomic E-state index is 12.7. The van der Waals surface area contributed by atoms with Crippen LogP contribution in [0, 0.1) is 0 Å². The van der Waals surface area contributed by atoms with Crippen LogP contribution in [0.1, 0.15) is 65.2 Å². The monoisotopic (exact) mass is 486 g/mol. The zero-order valence-electron chi connectivity index (χ0n) is 21.8. The first-order valence-corrected chi connectivity index (χ1v) is 11.7. The largest absolute Gasteiger partial charge is 0.496 e. The summed E-state index contributed by atoms with van der Waals surface area (Å²) in [6, 6.07) is 15.1. The molecule has 2 N–H and O–H groups in total. The number of aliphatic hydroxyl groups is 1. The summed E-state index contributed by atoms with van der Waals surface area (Å²) in [4.78, 5) is 26.2. The lowest BCUT2D eigenvalue weighted by Gasteiger charge is -2.29. The number of benzene rings is 2. The second kappa shape index (κ2) is 11.9. The number of carbonyl (C=O) groups is 2. The van der Waals surface area contributed by atoms with Crippen molar-refractivity contribution < 1.29 is 28.9 Å². The molecule has 1 atom stereocenters. The normalized spacial score (nSPS) is 12.5. The van der Waals surface area contributed by atoms with E-state index in [9.17, 15) is 14.7 Å². The highest BCUT2D eigenvalue weighted by Crippen LogP contribution is 2.24. The Kier molecular flexibility index (Phi) is 9.54. The molecule has 0 heterocycles. The Morgan fingerprint density at radius 2 is 1.54 bits per heavy atom. The van der Waals surface area contributed by atoms with Crippen LogP contribution in [0.3, 0.4) is 0 Å². The number of aliphatic hydroxyl groups excluding tert-OH is 1. The van der Waals surface area contributed by atoms with E-state index in [-0.39, 0.29) is 13.0 Å². The van der Waals surface area contributed by atoms with Gasteiger partial charge in [0.05, 0.1) is 13.2 Å². The van der Waals surface area contributed by atoms with Gasteiger partial charge in [0.15, 0.2) is 0 Å². The number of rotatable bonds is 8. The van der Waals surface area contributed by atoms with Gasteiger partial charge in [-0.2, -0.15) is 0 Å². The fourth-order valence-electron chi connectivity index (χ4n) is 3.21. The lowest BCUT2D eigenvalue weighted by Crippen LogP contribution is -2.44. The Labute approximate surface area is 208 Å². The van der Waals surface area contributed by atoms with Crippen LogP contribution in [-0.2, 0) is 16.0 Å². The number of anilines is 1. The summed E-state index contributed by atoms with van der Waals surface area (Å²) in [7, 11) is 1.63. The molecule has 35 heavy (non-hydrogen) atoms. The molecule has 0 bridgehead atoms. The van der Waals surface area contributed by atoms with Crippen molar-refractivity contribution in [3.05, 3.63) is 59.7 Å². The second-order valence-electron chi connectivity index (χ2n) is 10.2. The summed E-state index contributed by atoms with van der Waals surface area (Å²) < 4.78 is 16.1. The highest BCUT2D eigenvalue weighted by Gasteiger charge is 2.31. The third kappa shape index (κ3) is 9.48. The van der Waals surface area contributed by atoms with Crippen molar-refractivity contribution in [1.29, 1.82) is 0 Å². The zero-order valence-corrected chi connectivity index (χ0v) is 21.8. The SMILES string of the molecule is COc1ccccc1CNc1cccc(C(O)CCN(C(=O)OC(C)(C)C)C(=O)OC(C)(C)C)c1. The molecule has 8 nitrogen and oxygen atoms in total. The molecule has 0 spiro atoms. The molecular weight excluding hydrogens is 448 g/mol. The van der Waals surface area contributed by atoms with Gasteiger partial charge in [0.2, 0.25) is 0 Å². The molecule has 2 amide bonds. The van der Waals surface area contributed by atoms with Gasteiger partial charge in [-0.15, -0.1) is 0 Å². The van der Waals surface area contributed by atoms with E-state index in [1.807, 2.05) is 42.5 Å². The molecule has 2 rings (SSSR count).